The predicted octanol–water partition coefficient (Wildman–Crippen LogP) is 0.569. The van der Waals surface area contributed by atoms with E-state index in [4.69, 9.17) is 9.47 Å². The zero-order valence-electron chi connectivity index (χ0n) is 12.0. The second kappa shape index (κ2) is 6.33. The van der Waals surface area contributed by atoms with Crippen LogP contribution in [0.1, 0.15) is 17.0 Å². The van der Waals surface area contributed by atoms with Gasteiger partial charge in [0.25, 0.3) is 5.91 Å². The molecule has 8 heteroatoms. The van der Waals surface area contributed by atoms with Crippen molar-refractivity contribution >= 4 is 5.91 Å². The van der Waals surface area contributed by atoms with Crippen LogP contribution in [0.2, 0.25) is 0 Å². The van der Waals surface area contributed by atoms with Gasteiger partial charge in [-0.3, -0.25) is 9.78 Å². The second-order valence-electron chi connectivity index (χ2n) is 4.75. The van der Waals surface area contributed by atoms with E-state index < -0.39 is 0 Å². The first-order valence-electron chi connectivity index (χ1n) is 6.85. The summed E-state index contributed by atoms with van der Waals surface area (Å²) >= 11 is 0. The number of aromatic nitrogens is 4. The Balaban J connectivity index is 1.61. The average Bonchev–Trinajstić information content (AvgIpc) is 3.03. The second-order valence-corrected chi connectivity index (χ2v) is 4.75. The van der Waals surface area contributed by atoms with Crippen LogP contribution in [-0.4, -0.2) is 57.0 Å². The lowest BCUT2D eigenvalue weighted by Crippen LogP contribution is -2.32. The first-order valence-corrected chi connectivity index (χ1v) is 6.85. The summed E-state index contributed by atoms with van der Waals surface area (Å²) in [5, 5.41) is 0. The maximum absolute atomic E-state index is 12.2. The fourth-order valence-corrected chi connectivity index (χ4v) is 2.22. The summed E-state index contributed by atoms with van der Waals surface area (Å²) in [5.41, 5.74) is 0. The fraction of sp³-hybridized carbons (Fsp3) is 0.357. The normalized spacial score (nSPS) is 17.3. The summed E-state index contributed by atoms with van der Waals surface area (Å²) in [5.74, 6) is 0.781. The Labute approximate surface area is 127 Å². The monoisotopic (exact) mass is 301 g/mol. The molecule has 114 valence electrons. The van der Waals surface area contributed by atoms with E-state index in [2.05, 4.69) is 19.9 Å². The number of likely N-dealkylation sites (tertiary alicyclic amines) is 1. The van der Waals surface area contributed by atoms with Gasteiger partial charge in [0.2, 0.25) is 17.6 Å². The molecular formula is C14H15N5O3. The van der Waals surface area contributed by atoms with E-state index in [-0.39, 0.29) is 17.8 Å². The van der Waals surface area contributed by atoms with Crippen molar-refractivity contribution in [2.45, 2.75) is 12.5 Å². The molecule has 1 amide bonds. The van der Waals surface area contributed by atoms with E-state index in [1.807, 2.05) is 0 Å². The van der Waals surface area contributed by atoms with Crippen LogP contribution in [0.25, 0.3) is 0 Å². The van der Waals surface area contributed by atoms with Crippen LogP contribution >= 0.6 is 0 Å². The maximum Gasteiger partial charge on any atom is 0.291 e. The minimum atomic E-state index is -0.191. The molecule has 3 rings (SSSR count). The molecule has 0 aromatic carbocycles. The molecule has 2 aromatic rings. The van der Waals surface area contributed by atoms with E-state index in [0.29, 0.717) is 24.8 Å². The third kappa shape index (κ3) is 3.11. The van der Waals surface area contributed by atoms with E-state index in [9.17, 15) is 4.79 Å². The molecule has 0 radical (unpaired) electrons. The Morgan fingerprint density at radius 3 is 2.82 bits per heavy atom. The molecular weight excluding hydrogens is 286 g/mol. The molecule has 8 nitrogen and oxygen atoms in total. The summed E-state index contributed by atoms with van der Waals surface area (Å²) in [6.07, 6.45) is 6.72. The largest absolute Gasteiger partial charge is 0.480 e. The van der Waals surface area contributed by atoms with Gasteiger partial charge < -0.3 is 14.4 Å². The average molecular weight is 301 g/mol. The molecule has 1 unspecified atom stereocenters. The number of methoxy groups -OCH3 is 1. The van der Waals surface area contributed by atoms with E-state index in [0.717, 1.165) is 6.42 Å². The summed E-state index contributed by atoms with van der Waals surface area (Å²) in [4.78, 5) is 30.0. The molecule has 2 aromatic heterocycles. The Morgan fingerprint density at radius 2 is 2.05 bits per heavy atom. The van der Waals surface area contributed by atoms with Gasteiger partial charge in [-0.05, 0) is 6.07 Å². The van der Waals surface area contributed by atoms with Crippen LogP contribution in [0.5, 0.6) is 11.8 Å². The van der Waals surface area contributed by atoms with Crippen molar-refractivity contribution in [1.29, 1.82) is 0 Å². The van der Waals surface area contributed by atoms with Gasteiger partial charge in [0, 0.05) is 25.4 Å². The summed E-state index contributed by atoms with van der Waals surface area (Å²) in [6.45, 7) is 1.06. The third-order valence-electron chi connectivity index (χ3n) is 3.28. The number of amides is 1. The lowest BCUT2D eigenvalue weighted by molar-refractivity contribution is 0.0758. The molecule has 1 atom stereocenters. The third-order valence-corrected chi connectivity index (χ3v) is 3.28. The lowest BCUT2D eigenvalue weighted by Gasteiger charge is -2.16. The van der Waals surface area contributed by atoms with Crippen molar-refractivity contribution in [2.24, 2.45) is 0 Å². The predicted molar refractivity (Wildman–Crippen MR) is 75.6 cm³/mol. The highest BCUT2D eigenvalue weighted by atomic mass is 16.5. The van der Waals surface area contributed by atoms with Crippen molar-refractivity contribution in [3.8, 4) is 11.8 Å². The van der Waals surface area contributed by atoms with Gasteiger partial charge in [0.05, 0.1) is 26.0 Å². The topological polar surface area (TPSA) is 90.3 Å². The number of hydrogen-bond acceptors (Lipinski definition) is 7. The highest BCUT2D eigenvalue weighted by Gasteiger charge is 2.29. The first kappa shape index (κ1) is 14.2. The molecule has 22 heavy (non-hydrogen) atoms. The molecule has 0 spiro atoms. The number of carbonyl (C=O) groups excluding carboxylic acids is 1. The highest BCUT2D eigenvalue weighted by Crippen LogP contribution is 2.18. The van der Waals surface area contributed by atoms with E-state index in [1.165, 1.54) is 19.5 Å². The van der Waals surface area contributed by atoms with Crippen molar-refractivity contribution in [3.05, 3.63) is 36.7 Å². The van der Waals surface area contributed by atoms with Gasteiger partial charge in [-0.25, -0.2) is 9.97 Å². The van der Waals surface area contributed by atoms with Gasteiger partial charge in [-0.1, -0.05) is 0 Å². The first-order chi connectivity index (χ1) is 10.8. The Kier molecular flexibility index (Phi) is 4.08. The molecule has 0 saturated carbocycles. The number of carbonyl (C=O) groups is 1. The highest BCUT2D eigenvalue weighted by molar-refractivity contribution is 5.90. The zero-order valence-corrected chi connectivity index (χ0v) is 12.0. The summed E-state index contributed by atoms with van der Waals surface area (Å²) < 4.78 is 10.7. The molecule has 1 aliphatic heterocycles. The summed E-state index contributed by atoms with van der Waals surface area (Å²) in [7, 11) is 1.52. The van der Waals surface area contributed by atoms with Crippen LogP contribution in [0.3, 0.4) is 0 Å². The lowest BCUT2D eigenvalue weighted by atomic mass is 10.3. The van der Waals surface area contributed by atoms with Crippen molar-refractivity contribution in [3.63, 3.8) is 0 Å². The molecule has 0 aliphatic carbocycles. The number of ether oxygens (including phenoxy) is 2. The van der Waals surface area contributed by atoms with Crippen molar-refractivity contribution in [2.75, 3.05) is 20.2 Å². The van der Waals surface area contributed by atoms with Gasteiger partial charge >= 0.3 is 0 Å². The van der Waals surface area contributed by atoms with Crippen molar-refractivity contribution < 1.29 is 14.3 Å². The number of nitrogens with zero attached hydrogens (tertiary/aromatic N) is 5. The Bertz CT molecular complexity index is 652. The van der Waals surface area contributed by atoms with Crippen LogP contribution in [0, 0.1) is 0 Å². The van der Waals surface area contributed by atoms with E-state index >= 15 is 0 Å². The van der Waals surface area contributed by atoms with Crippen LogP contribution in [0.4, 0.5) is 0 Å². The number of hydrogen-bond donors (Lipinski definition) is 0. The Hall–Kier alpha value is -2.77. The fourth-order valence-electron chi connectivity index (χ4n) is 2.22. The number of rotatable bonds is 4. The van der Waals surface area contributed by atoms with Gasteiger partial charge in [-0.15, -0.1) is 0 Å². The maximum atomic E-state index is 12.2. The molecule has 0 bridgehead atoms. The van der Waals surface area contributed by atoms with Gasteiger partial charge in [-0.2, -0.15) is 4.98 Å². The van der Waals surface area contributed by atoms with Crippen LogP contribution in [-0.2, 0) is 0 Å². The smallest absolute Gasteiger partial charge is 0.291 e. The Morgan fingerprint density at radius 1 is 1.27 bits per heavy atom. The van der Waals surface area contributed by atoms with E-state index in [1.54, 1.807) is 23.4 Å². The molecule has 1 fully saturated rings. The van der Waals surface area contributed by atoms with Gasteiger partial charge in [0.1, 0.15) is 6.10 Å². The van der Waals surface area contributed by atoms with Crippen LogP contribution < -0.4 is 9.47 Å². The molecule has 3 heterocycles. The van der Waals surface area contributed by atoms with Crippen LogP contribution in [0.15, 0.2) is 30.9 Å². The molecule has 1 saturated heterocycles. The minimum Gasteiger partial charge on any atom is -0.480 e. The summed E-state index contributed by atoms with van der Waals surface area (Å²) in [6, 6.07) is 1.67. The minimum absolute atomic E-state index is 0.130. The SMILES string of the molecule is COc1cncc(OC2CCN(C(=O)c3ncccn3)C2)n1. The van der Waals surface area contributed by atoms with Gasteiger partial charge in [0.15, 0.2) is 0 Å². The quantitative estimate of drug-likeness (QED) is 0.815. The standard InChI is InChI=1S/C14H15N5O3/c1-21-11-7-15-8-12(18-11)22-10-3-6-19(9-10)14(20)13-16-4-2-5-17-13/h2,4-5,7-8,10H,3,6,9H2,1H3. The zero-order chi connectivity index (χ0) is 15.4. The van der Waals surface area contributed by atoms with Crippen molar-refractivity contribution in [1.82, 2.24) is 24.8 Å². The molecule has 1 aliphatic rings. The molecule has 0 N–H and O–H groups in total.